The number of nitrogens with zero attached hydrogens (tertiary/aromatic N) is 4. The van der Waals surface area contributed by atoms with E-state index in [9.17, 15) is 13.3 Å². The minimum atomic E-state index is -3.62. The first-order chi connectivity index (χ1) is 14.9. The quantitative estimate of drug-likeness (QED) is 0.371. The maximum Gasteiger partial charge on any atom is 0.316 e. The lowest BCUT2D eigenvalue weighted by Gasteiger charge is -2.28. The van der Waals surface area contributed by atoms with Gasteiger partial charge < -0.3 is 0 Å². The highest BCUT2D eigenvalue weighted by molar-refractivity contribution is 7.89. The van der Waals surface area contributed by atoms with Gasteiger partial charge in [0.25, 0.3) is 4.92 Å². The van der Waals surface area contributed by atoms with Crippen LogP contribution in [0.2, 0.25) is 0 Å². The van der Waals surface area contributed by atoms with Crippen molar-refractivity contribution in [3.05, 3.63) is 52.4 Å². The Morgan fingerprint density at radius 1 is 1.13 bits per heavy atom. The molecule has 0 aliphatic carbocycles. The van der Waals surface area contributed by atoms with Gasteiger partial charge in [-0.3, -0.25) is 4.90 Å². The molecule has 0 amide bonds. The summed E-state index contributed by atoms with van der Waals surface area (Å²) in [6, 6.07) is 10.2. The summed E-state index contributed by atoms with van der Waals surface area (Å²) in [6.07, 6.45) is 3.51. The first-order valence-corrected chi connectivity index (χ1v) is 12.4. The molecule has 164 valence electrons. The van der Waals surface area contributed by atoms with Gasteiger partial charge in [-0.2, -0.15) is 8.75 Å². The van der Waals surface area contributed by atoms with Crippen LogP contribution in [-0.4, -0.2) is 51.8 Å². The van der Waals surface area contributed by atoms with Crippen LogP contribution in [-0.2, 0) is 23.0 Å². The fraction of sp³-hybridized carbons (Fsp3) is 0.400. The van der Waals surface area contributed by atoms with Crippen LogP contribution in [0.15, 0.2) is 41.3 Å². The molecule has 0 unspecified atom stereocenters. The Morgan fingerprint density at radius 2 is 2.00 bits per heavy atom. The van der Waals surface area contributed by atoms with E-state index in [0.29, 0.717) is 17.6 Å². The van der Waals surface area contributed by atoms with Gasteiger partial charge in [0, 0.05) is 31.8 Å². The number of aromatic nitrogens is 2. The van der Waals surface area contributed by atoms with Gasteiger partial charge in [-0.05, 0) is 49.1 Å². The molecule has 2 aromatic carbocycles. The number of fused-ring (bicyclic) bond motifs is 2. The molecule has 0 saturated carbocycles. The third-order valence-corrected chi connectivity index (χ3v) is 7.52. The van der Waals surface area contributed by atoms with Crippen LogP contribution in [0.4, 0.5) is 5.69 Å². The summed E-state index contributed by atoms with van der Waals surface area (Å²) in [4.78, 5) is 13.5. The second kappa shape index (κ2) is 9.35. The molecule has 1 aliphatic heterocycles. The third-order valence-electron chi connectivity index (χ3n) is 5.48. The van der Waals surface area contributed by atoms with E-state index in [1.165, 1.54) is 5.56 Å². The van der Waals surface area contributed by atoms with E-state index in [1.54, 1.807) is 30.3 Å². The summed E-state index contributed by atoms with van der Waals surface area (Å²) in [5, 5.41) is 9.10. The van der Waals surface area contributed by atoms with Crippen LogP contribution in [0.3, 0.4) is 0 Å². The Kier molecular flexibility index (Phi) is 6.56. The number of nitrogens with one attached hydrogen (secondary N) is 1. The first-order valence-electron chi connectivity index (χ1n) is 10.2. The SMILES string of the molecule is O=[N+](O)c1ccc2c(c1)CN(CCCCCNS(=O)(=O)c1cccc3nsnc13)CC2. The monoisotopic (exact) mass is 462 g/mol. The highest BCUT2D eigenvalue weighted by atomic mass is 32.2. The molecule has 11 heteroatoms. The zero-order valence-corrected chi connectivity index (χ0v) is 18.5. The lowest BCUT2D eigenvalue weighted by atomic mass is 9.99. The van der Waals surface area contributed by atoms with Crippen molar-refractivity contribution < 1.29 is 18.5 Å². The number of rotatable bonds is 9. The van der Waals surface area contributed by atoms with Crippen LogP contribution in [0.25, 0.3) is 11.0 Å². The molecule has 0 spiro atoms. The van der Waals surface area contributed by atoms with Crippen molar-refractivity contribution in [2.45, 2.75) is 37.1 Å². The molecule has 9 nitrogen and oxygen atoms in total. The number of hydrogen-bond donors (Lipinski definition) is 2. The van der Waals surface area contributed by atoms with E-state index in [2.05, 4.69) is 18.4 Å². The van der Waals surface area contributed by atoms with Gasteiger partial charge in [0.2, 0.25) is 10.0 Å². The first kappa shape index (κ1) is 21.8. The molecule has 31 heavy (non-hydrogen) atoms. The summed E-state index contributed by atoms with van der Waals surface area (Å²) in [7, 11) is -3.62. The molecule has 0 fully saturated rings. The second-order valence-corrected chi connectivity index (χ2v) is 9.86. The third kappa shape index (κ3) is 5.06. The van der Waals surface area contributed by atoms with Crippen LogP contribution in [0.5, 0.6) is 0 Å². The Balaban J connectivity index is 1.22. The molecular formula is C20H24N5O4S2+. The maximum atomic E-state index is 12.6. The summed E-state index contributed by atoms with van der Waals surface area (Å²) < 4.78 is 36.0. The van der Waals surface area contributed by atoms with E-state index in [4.69, 9.17) is 5.21 Å². The number of unbranched alkanes of at least 4 members (excludes halogenated alkanes) is 2. The van der Waals surface area contributed by atoms with Crippen LogP contribution in [0, 0.1) is 4.91 Å². The molecule has 2 heterocycles. The van der Waals surface area contributed by atoms with Crippen LogP contribution in [0.1, 0.15) is 30.4 Å². The predicted octanol–water partition coefficient (Wildman–Crippen LogP) is 3.00. The van der Waals surface area contributed by atoms with Crippen molar-refractivity contribution in [2.75, 3.05) is 19.6 Å². The minimum absolute atomic E-state index is 0.105. The van der Waals surface area contributed by atoms with Gasteiger partial charge in [-0.15, -0.1) is 0 Å². The topological polar surface area (TPSA) is 116 Å². The highest BCUT2D eigenvalue weighted by Gasteiger charge is 2.21. The largest absolute Gasteiger partial charge is 0.316 e. The van der Waals surface area contributed by atoms with Gasteiger partial charge in [-0.1, -0.05) is 18.6 Å². The molecule has 0 saturated heterocycles. The van der Waals surface area contributed by atoms with Crippen molar-refractivity contribution in [3.63, 3.8) is 0 Å². The van der Waals surface area contributed by atoms with Crippen molar-refractivity contribution in [1.29, 1.82) is 0 Å². The second-order valence-electron chi connectivity index (χ2n) is 7.60. The molecule has 3 aromatic rings. The normalized spacial score (nSPS) is 14.6. The van der Waals surface area contributed by atoms with Gasteiger partial charge in [0.15, 0.2) is 0 Å². The molecular weight excluding hydrogens is 438 g/mol. The van der Waals surface area contributed by atoms with Crippen molar-refractivity contribution in [3.8, 4) is 0 Å². The number of hydrogen-bond acceptors (Lipinski definition) is 7. The fourth-order valence-electron chi connectivity index (χ4n) is 3.83. The summed E-state index contributed by atoms with van der Waals surface area (Å²) in [5.74, 6) is 0. The highest BCUT2D eigenvalue weighted by Crippen LogP contribution is 2.24. The molecule has 2 N–H and O–H groups in total. The maximum absolute atomic E-state index is 12.6. The van der Waals surface area contributed by atoms with E-state index in [1.807, 2.05) is 6.07 Å². The standard InChI is InChI=1S/C20H24N5O4S2/c26-25(27)17-8-7-15-9-12-24(14-16(15)13-17)11-3-1-2-10-21-31(28,29)19-6-4-5-18-20(19)23-30-22-18/h4-8,13,21H,1-3,9-12,14H2,(H,26,27)/q+1. The molecule has 4 rings (SSSR count). The fourth-order valence-corrected chi connectivity index (χ4v) is 5.67. The average Bonchev–Trinajstić information content (AvgIpc) is 3.24. The van der Waals surface area contributed by atoms with Gasteiger partial charge >= 0.3 is 5.69 Å². The lowest BCUT2D eigenvalue weighted by Crippen LogP contribution is -2.31. The summed E-state index contributed by atoms with van der Waals surface area (Å²) in [6.45, 7) is 2.97. The average molecular weight is 463 g/mol. The van der Waals surface area contributed by atoms with E-state index >= 15 is 0 Å². The van der Waals surface area contributed by atoms with Gasteiger partial charge in [0.1, 0.15) is 15.9 Å². The van der Waals surface area contributed by atoms with Crippen molar-refractivity contribution in [1.82, 2.24) is 18.4 Å². The Hall–Kier alpha value is -2.47. The van der Waals surface area contributed by atoms with Gasteiger partial charge in [0.05, 0.1) is 16.6 Å². The molecule has 0 bridgehead atoms. The molecule has 0 atom stereocenters. The Bertz CT molecular complexity index is 1200. The predicted molar refractivity (Wildman–Crippen MR) is 117 cm³/mol. The van der Waals surface area contributed by atoms with Crippen molar-refractivity contribution in [2.24, 2.45) is 0 Å². The summed E-state index contributed by atoms with van der Waals surface area (Å²) in [5.41, 5.74) is 3.52. The molecule has 0 radical (unpaired) electrons. The van der Waals surface area contributed by atoms with E-state index < -0.39 is 10.0 Å². The lowest BCUT2D eigenvalue weighted by molar-refractivity contribution is -0.729. The zero-order valence-electron chi connectivity index (χ0n) is 16.9. The number of benzene rings is 2. The smallest absolute Gasteiger partial charge is 0.299 e. The molecule has 1 aromatic heterocycles. The zero-order chi connectivity index (χ0) is 21.8. The minimum Gasteiger partial charge on any atom is -0.299 e. The Morgan fingerprint density at radius 3 is 2.84 bits per heavy atom. The van der Waals surface area contributed by atoms with E-state index in [-0.39, 0.29) is 15.5 Å². The molecule has 1 aliphatic rings. The van der Waals surface area contributed by atoms with Gasteiger partial charge in [-0.25, -0.2) is 18.3 Å². The van der Waals surface area contributed by atoms with Crippen LogP contribution >= 0.6 is 11.7 Å². The summed E-state index contributed by atoms with van der Waals surface area (Å²) >= 11 is 1.00. The van der Waals surface area contributed by atoms with Crippen molar-refractivity contribution >= 4 is 38.5 Å². The van der Waals surface area contributed by atoms with E-state index in [0.717, 1.165) is 62.6 Å². The van der Waals surface area contributed by atoms with Crippen LogP contribution < -0.4 is 4.72 Å². The number of sulfonamides is 1. The Labute approximate surface area is 184 Å².